The lowest BCUT2D eigenvalue weighted by Gasteiger charge is -2.36. The van der Waals surface area contributed by atoms with E-state index in [4.69, 9.17) is 4.74 Å². The van der Waals surface area contributed by atoms with Gasteiger partial charge in [-0.3, -0.25) is 9.59 Å². The summed E-state index contributed by atoms with van der Waals surface area (Å²) in [5.74, 6) is -0.410. The van der Waals surface area contributed by atoms with Crippen molar-refractivity contribution < 1.29 is 14.3 Å². The van der Waals surface area contributed by atoms with Crippen molar-refractivity contribution in [3.8, 4) is 0 Å². The van der Waals surface area contributed by atoms with Gasteiger partial charge >= 0.3 is 5.97 Å². The van der Waals surface area contributed by atoms with Gasteiger partial charge in [0.05, 0.1) is 5.92 Å². The van der Waals surface area contributed by atoms with Crippen molar-refractivity contribution in [2.45, 2.75) is 47.5 Å². The lowest BCUT2D eigenvalue weighted by molar-refractivity contribution is -0.155. The number of carbonyl (C=O) groups is 2. The predicted octanol–water partition coefficient (Wildman–Crippen LogP) is 3.14. The molecule has 0 saturated heterocycles. The van der Waals surface area contributed by atoms with E-state index in [-0.39, 0.29) is 29.7 Å². The number of esters is 1. The van der Waals surface area contributed by atoms with E-state index >= 15 is 0 Å². The first kappa shape index (κ1) is 14.9. The standard InChI is InChI=1S/C15H24O3/c1-6-11(2)13(17)18-10-12(16)15(5)9-7-8-14(15,3)4/h7-8,11H,6,9-10H2,1-5H3/t11-,15-/m0/s1. The van der Waals surface area contributed by atoms with Gasteiger partial charge in [0.15, 0.2) is 12.4 Å². The first-order valence-corrected chi connectivity index (χ1v) is 6.62. The number of Topliss-reactive ketones (excluding diaryl/α,β-unsaturated/α-hetero) is 1. The molecule has 0 radical (unpaired) electrons. The lowest BCUT2D eigenvalue weighted by atomic mass is 9.66. The minimum Gasteiger partial charge on any atom is -0.457 e. The van der Waals surface area contributed by atoms with Gasteiger partial charge in [-0.05, 0) is 18.3 Å². The number of carbonyl (C=O) groups excluding carboxylic acids is 2. The van der Waals surface area contributed by atoms with E-state index in [1.807, 2.05) is 40.7 Å². The second-order valence-electron chi connectivity index (χ2n) is 6.00. The summed E-state index contributed by atoms with van der Waals surface area (Å²) in [6.07, 6.45) is 5.56. The molecule has 0 unspecified atom stereocenters. The maximum absolute atomic E-state index is 12.3. The molecular weight excluding hydrogens is 228 g/mol. The minimum atomic E-state index is -0.456. The molecule has 18 heavy (non-hydrogen) atoms. The number of ether oxygens (including phenoxy) is 1. The summed E-state index contributed by atoms with van der Waals surface area (Å²) in [6, 6.07) is 0. The molecule has 0 aromatic heterocycles. The van der Waals surface area contributed by atoms with E-state index in [0.717, 1.165) is 12.8 Å². The minimum absolute atomic E-state index is 0.00848. The van der Waals surface area contributed by atoms with Crippen LogP contribution in [0.3, 0.4) is 0 Å². The normalized spacial score (nSPS) is 26.9. The zero-order valence-corrected chi connectivity index (χ0v) is 12.1. The van der Waals surface area contributed by atoms with E-state index in [1.54, 1.807) is 0 Å². The average Bonchev–Trinajstić information content (AvgIpc) is 2.60. The van der Waals surface area contributed by atoms with Crippen molar-refractivity contribution in [1.29, 1.82) is 0 Å². The van der Waals surface area contributed by atoms with Crippen LogP contribution < -0.4 is 0 Å². The molecule has 0 aromatic carbocycles. The van der Waals surface area contributed by atoms with Crippen LogP contribution >= 0.6 is 0 Å². The Morgan fingerprint density at radius 1 is 1.33 bits per heavy atom. The molecule has 1 aliphatic carbocycles. The van der Waals surface area contributed by atoms with Gasteiger partial charge in [-0.1, -0.05) is 46.8 Å². The first-order chi connectivity index (χ1) is 8.24. The van der Waals surface area contributed by atoms with Crippen LogP contribution in [-0.4, -0.2) is 18.4 Å². The van der Waals surface area contributed by atoms with Crippen molar-refractivity contribution in [3.63, 3.8) is 0 Å². The molecule has 1 aliphatic rings. The molecule has 2 atom stereocenters. The number of rotatable bonds is 5. The summed E-state index contributed by atoms with van der Waals surface area (Å²) in [7, 11) is 0. The molecule has 3 heteroatoms. The topological polar surface area (TPSA) is 43.4 Å². The summed E-state index contributed by atoms with van der Waals surface area (Å²) in [5, 5.41) is 0. The lowest BCUT2D eigenvalue weighted by Crippen LogP contribution is -2.40. The van der Waals surface area contributed by atoms with E-state index in [0.29, 0.717) is 0 Å². The van der Waals surface area contributed by atoms with Crippen LogP contribution in [-0.2, 0) is 14.3 Å². The fourth-order valence-electron chi connectivity index (χ4n) is 2.11. The van der Waals surface area contributed by atoms with Crippen molar-refractivity contribution >= 4 is 11.8 Å². The highest BCUT2D eigenvalue weighted by Crippen LogP contribution is 2.48. The van der Waals surface area contributed by atoms with Crippen LogP contribution in [0.4, 0.5) is 0 Å². The van der Waals surface area contributed by atoms with Gasteiger partial charge in [-0.15, -0.1) is 0 Å². The van der Waals surface area contributed by atoms with Gasteiger partial charge in [0.2, 0.25) is 0 Å². The Morgan fingerprint density at radius 3 is 2.39 bits per heavy atom. The highest BCUT2D eigenvalue weighted by molar-refractivity contribution is 5.89. The van der Waals surface area contributed by atoms with E-state index in [1.165, 1.54) is 0 Å². The van der Waals surface area contributed by atoms with Crippen LogP contribution in [0.25, 0.3) is 0 Å². The predicted molar refractivity (Wildman–Crippen MR) is 71.1 cm³/mol. The molecule has 0 spiro atoms. The molecule has 0 heterocycles. The third-order valence-corrected chi connectivity index (χ3v) is 4.46. The van der Waals surface area contributed by atoms with E-state index < -0.39 is 5.41 Å². The molecule has 1 rings (SSSR count). The van der Waals surface area contributed by atoms with Crippen molar-refractivity contribution in [2.24, 2.45) is 16.7 Å². The fraction of sp³-hybridized carbons (Fsp3) is 0.733. The second kappa shape index (κ2) is 5.25. The van der Waals surface area contributed by atoms with Crippen molar-refractivity contribution in [3.05, 3.63) is 12.2 Å². The third kappa shape index (κ3) is 2.65. The van der Waals surface area contributed by atoms with Gasteiger partial charge in [0, 0.05) is 5.41 Å². The summed E-state index contributed by atoms with van der Waals surface area (Å²) in [5.41, 5.74) is -0.629. The first-order valence-electron chi connectivity index (χ1n) is 6.62. The van der Waals surface area contributed by atoms with Gasteiger partial charge in [0.25, 0.3) is 0 Å². The number of hydrogen-bond donors (Lipinski definition) is 0. The van der Waals surface area contributed by atoms with Gasteiger partial charge in [-0.2, -0.15) is 0 Å². The largest absolute Gasteiger partial charge is 0.457 e. The smallest absolute Gasteiger partial charge is 0.309 e. The maximum Gasteiger partial charge on any atom is 0.309 e. The van der Waals surface area contributed by atoms with Crippen molar-refractivity contribution in [1.82, 2.24) is 0 Å². The maximum atomic E-state index is 12.3. The zero-order chi connectivity index (χ0) is 14.0. The Balaban J connectivity index is 2.60. The van der Waals surface area contributed by atoms with Crippen LogP contribution in [0.2, 0.25) is 0 Å². The Labute approximate surface area is 110 Å². The summed E-state index contributed by atoms with van der Waals surface area (Å²) >= 11 is 0. The van der Waals surface area contributed by atoms with Gasteiger partial charge < -0.3 is 4.74 Å². The van der Waals surface area contributed by atoms with Crippen LogP contribution in [0.1, 0.15) is 47.5 Å². The second-order valence-corrected chi connectivity index (χ2v) is 6.00. The number of hydrogen-bond acceptors (Lipinski definition) is 3. The Hall–Kier alpha value is -1.12. The SMILES string of the molecule is CC[C@H](C)C(=O)OCC(=O)[C@]1(C)CC=CC1(C)C. The van der Waals surface area contributed by atoms with Crippen LogP contribution in [0, 0.1) is 16.7 Å². The number of allylic oxidation sites excluding steroid dienone is 2. The highest BCUT2D eigenvalue weighted by Gasteiger charge is 2.47. The molecule has 0 saturated carbocycles. The average molecular weight is 252 g/mol. The molecule has 0 aliphatic heterocycles. The summed E-state index contributed by atoms with van der Waals surface area (Å²) < 4.78 is 5.11. The van der Waals surface area contributed by atoms with Crippen molar-refractivity contribution in [2.75, 3.05) is 6.61 Å². The summed E-state index contributed by atoms with van der Waals surface area (Å²) in [4.78, 5) is 23.8. The molecule has 3 nitrogen and oxygen atoms in total. The Kier molecular flexibility index (Phi) is 4.36. The Morgan fingerprint density at radius 2 is 1.94 bits per heavy atom. The zero-order valence-electron chi connectivity index (χ0n) is 12.1. The molecule has 0 amide bonds. The molecule has 0 bridgehead atoms. The molecule has 0 N–H and O–H groups in total. The molecule has 0 fully saturated rings. The van der Waals surface area contributed by atoms with E-state index in [2.05, 4.69) is 6.08 Å². The molecular formula is C15H24O3. The quantitative estimate of drug-likeness (QED) is 0.557. The molecule has 102 valence electrons. The summed E-state index contributed by atoms with van der Waals surface area (Å²) in [6.45, 7) is 9.68. The molecule has 0 aromatic rings. The van der Waals surface area contributed by atoms with Gasteiger partial charge in [0.1, 0.15) is 0 Å². The monoisotopic (exact) mass is 252 g/mol. The van der Waals surface area contributed by atoms with Crippen LogP contribution in [0.15, 0.2) is 12.2 Å². The number of ketones is 1. The van der Waals surface area contributed by atoms with E-state index in [9.17, 15) is 9.59 Å². The Bertz CT molecular complexity index is 368. The van der Waals surface area contributed by atoms with Crippen LogP contribution in [0.5, 0.6) is 0 Å². The fourth-order valence-corrected chi connectivity index (χ4v) is 2.11. The highest BCUT2D eigenvalue weighted by atomic mass is 16.5. The third-order valence-electron chi connectivity index (χ3n) is 4.46. The van der Waals surface area contributed by atoms with Gasteiger partial charge in [-0.25, -0.2) is 0 Å².